The Hall–Kier alpha value is -3.18. The van der Waals surface area contributed by atoms with Crippen molar-refractivity contribution in [1.82, 2.24) is 0 Å². The number of thioether (sulfide) groups is 1. The third-order valence-electron chi connectivity index (χ3n) is 6.54. The number of benzene rings is 3. The average Bonchev–Trinajstić information content (AvgIpc) is 3.35. The molecule has 0 saturated carbocycles. The van der Waals surface area contributed by atoms with E-state index in [4.69, 9.17) is 4.74 Å². The minimum absolute atomic E-state index is 0.111. The SMILES string of the molecule is CCOc1ccc(NC(=O)c2cccc3c2NC(c2ccc(SC)cc2)C2CC=CC32)cc1. The number of ether oxygens (including phenoxy) is 1. The van der Waals surface area contributed by atoms with Gasteiger partial charge < -0.3 is 15.4 Å². The summed E-state index contributed by atoms with van der Waals surface area (Å²) in [5.74, 6) is 1.44. The number of rotatable bonds is 6. The van der Waals surface area contributed by atoms with E-state index in [1.807, 2.05) is 43.3 Å². The Morgan fingerprint density at radius 2 is 1.88 bits per heavy atom. The maximum atomic E-state index is 13.3. The highest BCUT2D eigenvalue weighted by Crippen LogP contribution is 2.50. The number of para-hydroxylation sites is 1. The molecule has 2 N–H and O–H groups in total. The number of carbonyl (C=O) groups is 1. The van der Waals surface area contributed by atoms with Crippen LogP contribution in [0.15, 0.2) is 83.8 Å². The predicted molar refractivity (Wildman–Crippen MR) is 137 cm³/mol. The van der Waals surface area contributed by atoms with Gasteiger partial charge in [-0.05, 0) is 79.1 Å². The molecule has 0 spiro atoms. The van der Waals surface area contributed by atoms with Gasteiger partial charge in [0.1, 0.15) is 5.75 Å². The third kappa shape index (κ3) is 4.25. The molecular formula is C28H28N2O2S. The predicted octanol–water partition coefficient (Wildman–Crippen LogP) is 6.89. The van der Waals surface area contributed by atoms with Gasteiger partial charge in [0.25, 0.3) is 5.91 Å². The van der Waals surface area contributed by atoms with Gasteiger partial charge >= 0.3 is 0 Å². The van der Waals surface area contributed by atoms with Crippen molar-refractivity contribution in [1.29, 1.82) is 0 Å². The van der Waals surface area contributed by atoms with Crippen molar-refractivity contribution in [2.45, 2.75) is 30.2 Å². The zero-order chi connectivity index (χ0) is 22.8. The topological polar surface area (TPSA) is 50.4 Å². The molecule has 168 valence electrons. The van der Waals surface area contributed by atoms with Gasteiger partial charge in [-0.1, -0.05) is 36.4 Å². The number of hydrogen-bond acceptors (Lipinski definition) is 4. The molecule has 1 heterocycles. The Morgan fingerprint density at radius 1 is 1.09 bits per heavy atom. The van der Waals surface area contributed by atoms with E-state index in [0.29, 0.717) is 24.0 Å². The van der Waals surface area contributed by atoms with Crippen molar-refractivity contribution in [2.75, 3.05) is 23.5 Å². The Kier molecular flexibility index (Phi) is 6.14. The highest BCUT2D eigenvalue weighted by molar-refractivity contribution is 7.98. The van der Waals surface area contributed by atoms with Crippen molar-refractivity contribution >= 4 is 29.0 Å². The first-order chi connectivity index (χ1) is 16.2. The zero-order valence-corrected chi connectivity index (χ0v) is 19.7. The van der Waals surface area contributed by atoms with Gasteiger partial charge in [-0.2, -0.15) is 0 Å². The van der Waals surface area contributed by atoms with Crippen LogP contribution in [-0.4, -0.2) is 18.8 Å². The first kappa shape index (κ1) is 21.7. The highest BCUT2D eigenvalue weighted by Gasteiger charge is 2.39. The number of nitrogens with one attached hydrogen (secondary N) is 2. The molecule has 0 radical (unpaired) electrons. The molecule has 0 aromatic heterocycles. The quantitative estimate of drug-likeness (QED) is 0.313. The second-order valence-electron chi connectivity index (χ2n) is 8.43. The fourth-order valence-electron chi connectivity index (χ4n) is 4.95. The Labute approximate surface area is 199 Å². The number of anilines is 2. The maximum absolute atomic E-state index is 13.3. The first-order valence-corrected chi connectivity index (χ1v) is 12.6. The van der Waals surface area contributed by atoms with Gasteiger partial charge in [0.15, 0.2) is 0 Å². The fourth-order valence-corrected chi connectivity index (χ4v) is 5.36. The third-order valence-corrected chi connectivity index (χ3v) is 7.28. The van der Waals surface area contributed by atoms with E-state index < -0.39 is 0 Å². The van der Waals surface area contributed by atoms with Crippen LogP contribution >= 0.6 is 11.8 Å². The minimum atomic E-state index is -0.111. The Morgan fingerprint density at radius 3 is 2.61 bits per heavy atom. The van der Waals surface area contributed by atoms with Crippen LogP contribution in [0.1, 0.15) is 46.8 Å². The second-order valence-corrected chi connectivity index (χ2v) is 9.31. The largest absolute Gasteiger partial charge is 0.494 e. The van der Waals surface area contributed by atoms with Crippen LogP contribution in [0.2, 0.25) is 0 Å². The number of amides is 1. The molecule has 33 heavy (non-hydrogen) atoms. The second kappa shape index (κ2) is 9.36. The lowest BCUT2D eigenvalue weighted by Gasteiger charge is -2.38. The molecule has 1 aliphatic heterocycles. The van der Waals surface area contributed by atoms with Crippen LogP contribution < -0.4 is 15.4 Å². The van der Waals surface area contributed by atoms with Crippen molar-refractivity contribution in [2.24, 2.45) is 5.92 Å². The van der Waals surface area contributed by atoms with Gasteiger partial charge in [-0.3, -0.25) is 4.79 Å². The molecule has 3 atom stereocenters. The molecule has 0 saturated heterocycles. The molecule has 1 amide bonds. The highest BCUT2D eigenvalue weighted by atomic mass is 32.2. The van der Waals surface area contributed by atoms with Crippen LogP contribution in [0.3, 0.4) is 0 Å². The fraction of sp³-hybridized carbons (Fsp3) is 0.250. The number of carbonyl (C=O) groups excluding carboxylic acids is 1. The smallest absolute Gasteiger partial charge is 0.257 e. The summed E-state index contributed by atoms with van der Waals surface area (Å²) in [6.07, 6.45) is 7.72. The van der Waals surface area contributed by atoms with Crippen LogP contribution in [-0.2, 0) is 0 Å². The van der Waals surface area contributed by atoms with E-state index >= 15 is 0 Å². The summed E-state index contributed by atoms with van der Waals surface area (Å²) in [5.41, 5.74) is 4.82. The molecule has 5 rings (SSSR count). The molecule has 3 aromatic carbocycles. The van der Waals surface area contributed by atoms with Gasteiger partial charge in [0, 0.05) is 16.5 Å². The number of hydrogen-bond donors (Lipinski definition) is 2. The summed E-state index contributed by atoms with van der Waals surface area (Å²) in [5, 5.41) is 6.81. The van der Waals surface area contributed by atoms with Crippen molar-refractivity contribution in [3.8, 4) is 5.75 Å². The molecule has 0 fully saturated rings. The van der Waals surface area contributed by atoms with Crippen LogP contribution in [0.25, 0.3) is 0 Å². The molecule has 5 heteroatoms. The van der Waals surface area contributed by atoms with Crippen LogP contribution in [0.4, 0.5) is 11.4 Å². The van der Waals surface area contributed by atoms with Crippen molar-refractivity contribution in [3.63, 3.8) is 0 Å². The van der Waals surface area contributed by atoms with E-state index in [0.717, 1.165) is 23.5 Å². The molecular weight excluding hydrogens is 428 g/mol. The normalized spacial score (nSPS) is 20.5. The maximum Gasteiger partial charge on any atom is 0.257 e. The molecule has 2 aliphatic rings. The molecule has 0 bridgehead atoms. The van der Waals surface area contributed by atoms with E-state index in [1.54, 1.807) is 11.8 Å². The molecule has 3 aromatic rings. The van der Waals surface area contributed by atoms with Gasteiger partial charge in [0.2, 0.25) is 0 Å². The summed E-state index contributed by atoms with van der Waals surface area (Å²) < 4.78 is 5.50. The van der Waals surface area contributed by atoms with Gasteiger partial charge in [-0.15, -0.1) is 11.8 Å². The summed E-state index contributed by atoms with van der Waals surface area (Å²) in [4.78, 5) is 14.6. The Balaban J connectivity index is 1.45. The van der Waals surface area contributed by atoms with E-state index in [9.17, 15) is 4.79 Å². The van der Waals surface area contributed by atoms with Crippen molar-refractivity contribution in [3.05, 3.63) is 95.6 Å². The van der Waals surface area contributed by atoms with Crippen LogP contribution in [0, 0.1) is 5.92 Å². The molecule has 3 unspecified atom stereocenters. The summed E-state index contributed by atoms with van der Waals surface area (Å²) >= 11 is 1.75. The summed E-state index contributed by atoms with van der Waals surface area (Å²) in [6, 6.07) is 22.5. The first-order valence-electron chi connectivity index (χ1n) is 11.4. The Bertz CT molecular complexity index is 1170. The van der Waals surface area contributed by atoms with Crippen molar-refractivity contribution < 1.29 is 9.53 Å². The number of allylic oxidation sites excluding steroid dienone is 2. The lowest BCUT2D eigenvalue weighted by Crippen LogP contribution is -2.30. The lowest BCUT2D eigenvalue weighted by molar-refractivity contribution is 0.102. The van der Waals surface area contributed by atoms with Crippen LogP contribution in [0.5, 0.6) is 5.75 Å². The molecule has 1 aliphatic carbocycles. The monoisotopic (exact) mass is 456 g/mol. The summed E-state index contributed by atoms with van der Waals surface area (Å²) in [6.45, 7) is 2.57. The minimum Gasteiger partial charge on any atom is -0.494 e. The van der Waals surface area contributed by atoms with Gasteiger partial charge in [-0.25, -0.2) is 0 Å². The molecule has 4 nitrogen and oxygen atoms in total. The average molecular weight is 457 g/mol. The van der Waals surface area contributed by atoms with E-state index in [2.05, 4.69) is 59.4 Å². The van der Waals surface area contributed by atoms with E-state index in [-0.39, 0.29) is 11.9 Å². The van der Waals surface area contributed by atoms with Gasteiger partial charge in [0.05, 0.1) is 23.9 Å². The lowest BCUT2D eigenvalue weighted by atomic mass is 9.76. The number of fused-ring (bicyclic) bond motifs is 3. The zero-order valence-electron chi connectivity index (χ0n) is 18.9. The standard InChI is InChI=1S/C28H28N2O2S/c1-3-32-20-14-12-19(13-15-20)29-28(31)25-9-5-8-24-22-6-4-7-23(22)26(30-27(24)25)18-10-16-21(33-2)17-11-18/h4-6,8-17,22-23,26,30H,3,7H2,1-2H3,(H,29,31). The van der Waals surface area contributed by atoms with E-state index in [1.165, 1.54) is 16.0 Å². The summed E-state index contributed by atoms with van der Waals surface area (Å²) in [7, 11) is 0.